The second kappa shape index (κ2) is 8.06. The van der Waals surface area contributed by atoms with Gasteiger partial charge in [-0.2, -0.15) is 5.26 Å². The molecule has 0 N–H and O–H groups in total. The Bertz CT molecular complexity index is 704. The molecule has 9 heteroatoms. The first-order valence-corrected chi connectivity index (χ1v) is 11.1. The van der Waals surface area contributed by atoms with Gasteiger partial charge in [0.05, 0.1) is 14.2 Å². The lowest BCUT2D eigenvalue weighted by Crippen LogP contribution is -1.87. The molecule has 0 saturated heterocycles. The Morgan fingerprint density at radius 2 is 1.82 bits per heavy atom. The summed E-state index contributed by atoms with van der Waals surface area (Å²) in [7, 11) is 2.79. The lowest BCUT2D eigenvalue weighted by atomic mass is 10.2. The van der Waals surface area contributed by atoms with Crippen LogP contribution in [0.1, 0.15) is 4.88 Å². The lowest BCUT2D eigenvalue weighted by Gasteiger charge is -2.13. The van der Waals surface area contributed by atoms with Crippen LogP contribution in [-0.2, 0) is 12.9 Å². The van der Waals surface area contributed by atoms with Crippen molar-refractivity contribution in [2.24, 2.45) is 0 Å². The van der Waals surface area contributed by atoms with E-state index in [0.29, 0.717) is 28.2 Å². The zero-order valence-electron chi connectivity index (χ0n) is 11.7. The first-order chi connectivity index (χ1) is 10.6. The summed E-state index contributed by atoms with van der Waals surface area (Å²) < 4.78 is 27.8. The van der Waals surface area contributed by atoms with Crippen LogP contribution >= 0.6 is 40.4 Å². The van der Waals surface area contributed by atoms with Crippen LogP contribution in [0, 0.1) is 11.3 Å². The van der Waals surface area contributed by atoms with Crippen molar-refractivity contribution < 1.29 is 17.5 Å². The summed E-state index contributed by atoms with van der Waals surface area (Å²) in [6, 6.07) is 13.4. The van der Waals surface area contributed by atoms with Gasteiger partial charge >= 0.3 is 5.77 Å². The van der Waals surface area contributed by atoms with E-state index in [1.54, 1.807) is 6.07 Å². The van der Waals surface area contributed by atoms with Gasteiger partial charge in [-0.25, -0.2) is 4.57 Å². The minimum Gasteiger partial charge on any atom is -0.424 e. The molecule has 0 amide bonds. The number of hydrogen-bond donors (Lipinski definition) is 0. The van der Waals surface area contributed by atoms with Crippen molar-refractivity contribution in [3.05, 3.63) is 41.3 Å². The third kappa shape index (κ3) is 4.29. The molecule has 0 radical (unpaired) electrons. The van der Waals surface area contributed by atoms with E-state index in [9.17, 15) is 9.83 Å². The molecule has 2 aromatic rings. The Kier molecular flexibility index (Phi) is 6.38. The van der Waals surface area contributed by atoms with Crippen molar-refractivity contribution >= 4 is 40.4 Å². The third-order valence-corrected chi connectivity index (χ3v) is 8.09. The second-order valence-corrected chi connectivity index (χ2v) is 11.4. The van der Waals surface area contributed by atoms with E-state index < -0.39 is 5.77 Å². The summed E-state index contributed by atoms with van der Waals surface area (Å²) in [4.78, 5) is 1.22. The molecule has 116 valence electrons. The zero-order valence-corrected chi connectivity index (χ0v) is 15.1. The molecule has 5 nitrogen and oxygen atoms in total. The Morgan fingerprint density at radius 1 is 1.18 bits per heavy atom. The van der Waals surface area contributed by atoms with Crippen LogP contribution < -0.4 is 4.52 Å². The Balaban J connectivity index is 2.33. The summed E-state index contributed by atoms with van der Waals surface area (Å²) in [6.45, 7) is 0. The topological polar surface area (TPSA) is 68.5 Å². The van der Waals surface area contributed by atoms with Gasteiger partial charge in [0, 0.05) is 10.9 Å². The summed E-state index contributed by atoms with van der Waals surface area (Å²) in [6.07, 6.45) is 0. The van der Waals surface area contributed by atoms with Crippen molar-refractivity contribution in [3.63, 3.8) is 0 Å². The smallest absolute Gasteiger partial charge is 0.412 e. The van der Waals surface area contributed by atoms with Crippen molar-refractivity contribution in [3.8, 4) is 22.3 Å². The fourth-order valence-electron chi connectivity index (χ4n) is 1.61. The molecule has 0 spiro atoms. The predicted molar refractivity (Wildman–Crippen MR) is 91.9 cm³/mol. The quantitative estimate of drug-likeness (QED) is 0.478. The van der Waals surface area contributed by atoms with E-state index in [1.807, 2.05) is 30.3 Å². The fourth-order valence-corrected chi connectivity index (χ4v) is 6.55. The molecule has 0 fully saturated rings. The molecular formula is C13H12NO4PS3. The maximum atomic E-state index is 12.5. The van der Waals surface area contributed by atoms with Gasteiger partial charge in [0.2, 0.25) is 0 Å². The van der Waals surface area contributed by atoms with Gasteiger partial charge in [-0.05, 0) is 5.56 Å². The Hall–Kier alpha value is -0.940. The number of nitriles is 1. The van der Waals surface area contributed by atoms with Gasteiger partial charge in [0.25, 0.3) is 0 Å². The van der Waals surface area contributed by atoms with E-state index in [4.69, 9.17) is 12.9 Å². The molecular weight excluding hydrogens is 361 g/mol. The molecule has 1 aromatic heterocycles. The van der Waals surface area contributed by atoms with Gasteiger partial charge in [0.1, 0.15) is 34.3 Å². The first kappa shape index (κ1) is 17.4. The average Bonchev–Trinajstić information content (AvgIpc) is 2.91. The lowest BCUT2D eigenvalue weighted by molar-refractivity contribution is 0.471. The van der Waals surface area contributed by atoms with Gasteiger partial charge in [-0.3, -0.25) is 0 Å². The molecule has 0 aliphatic rings. The van der Waals surface area contributed by atoms with Crippen LogP contribution in [0.3, 0.4) is 0 Å². The van der Waals surface area contributed by atoms with Crippen LogP contribution in [0.15, 0.2) is 36.4 Å². The number of thiophene rings is 1. The van der Waals surface area contributed by atoms with Crippen LogP contribution in [0.4, 0.5) is 0 Å². The predicted octanol–water partition coefficient (Wildman–Crippen LogP) is 5.36. The zero-order chi connectivity index (χ0) is 16.0. The minimum atomic E-state index is -3.32. The summed E-state index contributed by atoms with van der Waals surface area (Å²) >= 11 is 2.66. The van der Waals surface area contributed by atoms with E-state index in [2.05, 4.69) is 6.07 Å². The molecule has 22 heavy (non-hydrogen) atoms. The number of benzene rings is 1. The summed E-state index contributed by atoms with van der Waals surface area (Å²) in [5.41, 5.74) is 0.965. The molecule has 0 aliphatic carbocycles. The number of nitrogens with zero attached hydrogens (tertiary/aromatic N) is 1. The molecule has 0 unspecified atom stereocenters. The average molecular weight is 373 g/mol. The monoisotopic (exact) mass is 373 g/mol. The van der Waals surface area contributed by atoms with Gasteiger partial charge in [-0.15, -0.1) is 11.3 Å². The molecule has 1 heterocycles. The summed E-state index contributed by atoms with van der Waals surface area (Å²) in [5, 5.41) is 9.25. The normalized spacial score (nSPS) is 11.1. The van der Waals surface area contributed by atoms with Crippen LogP contribution in [-0.4, -0.2) is 14.2 Å². The maximum absolute atomic E-state index is 12.5. The standard InChI is InChI=1S/C13H12NO4PS3/c1-16-21-19(15,22-17-2)18-11-8-12(20-13(11)9-14)10-6-4-3-5-7-10/h3-8H,1-2H3. The van der Waals surface area contributed by atoms with Crippen molar-refractivity contribution in [2.45, 2.75) is 0 Å². The Labute approximate surface area is 140 Å². The third-order valence-electron chi connectivity index (χ3n) is 2.40. The number of hydrogen-bond acceptors (Lipinski definition) is 8. The van der Waals surface area contributed by atoms with E-state index in [-0.39, 0.29) is 5.75 Å². The fraction of sp³-hybridized carbons (Fsp3) is 0.154. The van der Waals surface area contributed by atoms with Crippen molar-refractivity contribution in [1.29, 1.82) is 5.26 Å². The molecule has 0 atom stereocenters. The van der Waals surface area contributed by atoms with E-state index >= 15 is 0 Å². The van der Waals surface area contributed by atoms with Gasteiger partial charge in [-0.1, -0.05) is 30.3 Å². The highest BCUT2D eigenvalue weighted by Gasteiger charge is 2.31. The van der Waals surface area contributed by atoms with Crippen LogP contribution in [0.25, 0.3) is 10.4 Å². The SMILES string of the molecule is COSP(=O)(Oc1cc(-c2ccccc2)sc1C#N)SOC. The number of rotatable bonds is 7. The highest BCUT2D eigenvalue weighted by Crippen LogP contribution is 2.69. The molecule has 1 aromatic carbocycles. The minimum absolute atomic E-state index is 0.267. The largest absolute Gasteiger partial charge is 0.424 e. The highest BCUT2D eigenvalue weighted by molar-refractivity contribution is 8.87. The van der Waals surface area contributed by atoms with E-state index in [1.165, 1.54) is 25.6 Å². The van der Waals surface area contributed by atoms with Gasteiger partial charge in [0.15, 0.2) is 5.75 Å². The van der Waals surface area contributed by atoms with Crippen LogP contribution in [0.5, 0.6) is 5.75 Å². The van der Waals surface area contributed by atoms with Crippen LogP contribution in [0.2, 0.25) is 0 Å². The first-order valence-electron chi connectivity index (χ1n) is 5.95. The van der Waals surface area contributed by atoms with Crippen molar-refractivity contribution in [2.75, 3.05) is 14.2 Å². The van der Waals surface area contributed by atoms with Crippen molar-refractivity contribution in [1.82, 2.24) is 0 Å². The van der Waals surface area contributed by atoms with Gasteiger partial charge < -0.3 is 12.9 Å². The van der Waals surface area contributed by atoms with E-state index in [0.717, 1.165) is 10.4 Å². The molecule has 2 rings (SSSR count). The second-order valence-electron chi connectivity index (χ2n) is 3.80. The molecule has 0 saturated carbocycles. The Morgan fingerprint density at radius 3 is 2.36 bits per heavy atom. The summed E-state index contributed by atoms with van der Waals surface area (Å²) in [5.74, 6) is -3.05. The molecule has 0 bridgehead atoms. The highest BCUT2D eigenvalue weighted by atomic mass is 33.1. The maximum Gasteiger partial charge on any atom is 0.412 e. The molecule has 0 aliphatic heterocycles.